The Morgan fingerprint density at radius 1 is 0.655 bits per heavy atom. The molecular formula is C28H56O. The molecule has 3 fully saturated rings. The molecule has 3 aliphatic rings. The first-order chi connectivity index (χ1) is 13.5. The lowest BCUT2D eigenvalue weighted by atomic mass is 9.70. The van der Waals surface area contributed by atoms with E-state index in [1.165, 1.54) is 70.6 Å². The van der Waals surface area contributed by atoms with E-state index in [2.05, 4.69) is 55.4 Å². The molecule has 0 saturated heterocycles. The molecule has 4 atom stereocenters. The van der Waals surface area contributed by atoms with Gasteiger partial charge in [-0.15, -0.1) is 0 Å². The summed E-state index contributed by atoms with van der Waals surface area (Å²) in [7, 11) is 0. The van der Waals surface area contributed by atoms with E-state index in [0.29, 0.717) is 17.3 Å². The molecule has 0 aromatic heterocycles. The Morgan fingerprint density at radius 3 is 1.52 bits per heavy atom. The van der Waals surface area contributed by atoms with Gasteiger partial charge in [0.1, 0.15) is 0 Å². The summed E-state index contributed by atoms with van der Waals surface area (Å²) < 4.78 is 0. The Bertz CT molecular complexity index is 391. The lowest BCUT2D eigenvalue weighted by Crippen LogP contribution is -2.28. The number of rotatable bonds is 1. The fraction of sp³-hybridized carbons (Fsp3) is 1.00. The third-order valence-electron chi connectivity index (χ3n) is 8.08. The molecule has 0 radical (unpaired) electrons. The summed E-state index contributed by atoms with van der Waals surface area (Å²) in [4.78, 5) is 0. The molecule has 1 N–H and O–H groups in total. The van der Waals surface area contributed by atoms with Gasteiger partial charge >= 0.3 is 0 Å². The minimum absolute atomic E-state index is 0.00579. The fourth-order valence-corrected chi connectivity index (χ4v) is 5.78. The minimum Gasteiger partial charge on any atom is -0.393 e. The van der Waals surface area contributed by atoms with Gasteiger partial charge in [-0.1, -0.05) is 100 Å². The normalized spacial score (nSPS) is 35.8. The predicted octanol–water partition coefficient (Wildman–Crippen LogP) is 8.88. The lowest BCUT2D eigenvalue weighted by molar-refractivity contribution is 0.0456. The molecule has 174 valence electrons. The number of hydrogen-bond acceptors (Lipinski definition) is 1. The summed E-state index contributed by atoms with van der Waals surface area (Å²) in [6.45, 7) is 18.7. The maximum absolute atomic E-state index is 9.54. The van der Waals surface area contributed by atoms with Gasteiger partial charge in [-0.05, 0) is 73.0 Å². The van der Waals surface area contributed by atoms with Crippen molar-refractivity contribution in [2.75, 3.05) is 0 Å². The Morgan fingerprint density at radius 2 is 1.17 bits per heavy atom. The molecule has 0 heterocycles. The van der Waals surface area contributed by atoms with Crippen LogP contribution in [0.1, 0.15) is 132 Å². The maximum Gasteiger partial charge on any atom is 0.0570 e. The van der Waals surface area contributed by atoms with E-state index in [9.17, 15) is 5.11 Å². The molecule has 3 rings (SSSR count). The molecule has 3 saturated carbocycles. The van der Waals surface area contributed by atoms with Crippen LogP contribution >= 0.6 is 0 Å². The smallest absolute Gasteiger partial charge is 0.0570 e. The van der Waals surface area contributed by atoms with Crippen LogP contribution in [0, 0.1) is 40.9 Å². The standard InChI is InChI=1S/C11H22.C9H18O.C8H16/c1-9-5-7-10(8-6-9)11(2,3)4;1-7(2)8-5-3-4-6-9(8)10;1-7-4-3-5-8(2)6-7/h9-10H,5-8H2,1-4H3;7-10H,3-6H2,1-2H3;7-8H,3-6H2,1-2H3. The SMILES string of the molecule is CC(C)C1CCCCC1O.CC1CCC(C(C)(C)C)CC1.CC1CCCC(C)C1. The highest BCUT2D eigenvalue weighted by atomic mass is 16.3. The third-order valence-corrected chi connectivity index (χ3v) is 8.08. The molecule has 0 aromatic rings. The average molecular weight is 409 g/mol. The first-order valence-corrected chi connectivity index (χ1v) is 13.2. The van der Waals surface area contributed by atoms with Crippen molar-refractivity contribution in [3.05, 3.63) is 0 Å². The van der Waals surface area contributed by atoms with E-state index in [1.54, 1.807) is 0 Å². The summed E-state index contributed by atoms with van der Waals surface area (Å²) in [6, 6.07) is 0. The average Bonchev–Trinajstić information content (AvgIpc) is 2.62. The van der Waals surface area contributed by atoms with Gasteiger partial charge in [0.05, 0.1) is 6.10 Å². The molecule has 3 aliphatic carbocycles. The monoisotopic (exact) mass is 408 g/mol. The Balaban J connectivity index is 0.000000220. The fourth-order valence-electron chi connectivity index (χ4n) is 5.78. The highest BCUT2D eigenvalue weighted by Gasteiger charge is 2.28. The first-order valence-electron chi connectivity index (χ1n) is 13.2. The van der Waals surface area contributed by atoms with Crippen LogP contribution in [0.3, 0.4) is 0 Å². The van der Waals surface area contributed by atoms with Crippen molar-refractivity contribution in [2.24, 2.45) is 40.9 Å². The van der Waals surface area contributed by atoms with Crippen molar-refractivity contribution in [3.63, 3.8) is 0 Å². The molecule has 4 unspecified atom stereocenters. The second-order valence-corrected chi connectivity index (χ2v) is 12.5. The Kier molecular flexibility index (Phi) is 12.5. The van der Waals surface area contributed by atoms with Gasteiger partial charge in [0, 0.05) is 0 Å². The zero-order valence-electron chi connectivity index (χ0n) is 21.5. The minimum atomic E-state index is -0.00579. The maximum atomic E-state index is 9.54. The van der Waals surface area contributed by atoms with E-state index >= 15 is 0 Å². The van der Waals surface area contributed by atoms with Crippen LogP contribution in [-0.4, -0.2) is 11.2 Å². The van der Waals surface area contributed by atoms with Crippen LogP contribution < -0.4 is 0 Å². The van der Waals surface area contributed by atoms with Gasteiger partial charge in [0.25, 0.3) is 0 Å². The highest BCUT2D eigenvalue weighted by Crippen LogP contribution is 2.39. The van der Waals surface area contributed by atoms with Gasteiger partial charge in [-0.2, -0.15) is 0 Å². The molecule has 0 aromatic carbocycles. The Labute approximate surface area is 184 Å². The summed E-state index contributed by atoms with van der Waals surface area (Å²) in [5.74, 6) is 5.24. The second-order valence-electron chi connectivity index (χ2n) is 12.5. The zero-order valence-corrected chi connectivity index (χ0v) is 21.5. The third kappa shape index (κ3) is 11.2. The van der Waals surface area contributed by atoms with Crippen molar-refractivity contribution in [1.82, 2.24) is 0 Å². The molecular weight excluding hydrogens is 352 g/mol. The van der Waals surface area contributed by atoms with Crippen LogP contribution in [-0.2, 0) is 0 Å². The molecule has 1 heteroatoms. The molecule has 0 spiro atoms. The van der Waals surface area contributed by atoms with Crippen LogP contribution in [0.4, 0.5) is 0 Å². The lowest BCUT2D eigenvalue weighted by Gasteiger charge is -2.35. The van der Waals surface area contributed by atoms with Gasteiger partial charge < -0.3 is 5.11 Å². The Hall–Kier alpha value is -0.0400. The van der Waals surface area contributed by atoms with Gasteiger partial charge in [-0.25, -0.2) is 0 Å². The first kappa shape index (κ1) is 27.0. The molecule has 1 nitrogen and oxygen atoms in total. The van der Waals surface area contributed by atoms with Gasteiger partial charge in [0.15, 0.2) is 0 Å². The van der Waals surface area contributed by atoms with Gasteiger partial charge in [-0.3, -0.25) is 0 Å². The van der Waals surface area contributed by atoms with Crippen molar-refractivity contribution in [2.45, 2.75) is 139 Å². The van der Waals surface area contributed by atoms with Crippen LogP contribution in [0.2, 0.25) is 0 Å². The number of aliphatic hydroxyl groups excluding tert-OH is 1. The predicted molar refractivity (Wildman–Crippen MR) is 130 cm³/mol. The van der Waals surface area contributed by atoms with E-state index < -0.39 is 0 Å². The van der Waals surface area contributed by atoms with Crippen LogP contribution in [0.5, 0.6) is 0 Å². The van der Waals surface area contributed by atoms with Crippen molar-refractivity contribution < 1.29 is 5.11 Å². The summed E-state index contributed by atoms with van der Waals surface area (Å²) in [5.41, 5.74) is 0.556. The van der Waals surface area contributed by atoms with Gasteiger partial charge in [0.2, 0.25) is 0 Å². The largest absolute Gasteiger partial charge is 0.393 e. The van der Waals surface area contributed by atoms with E-state index in [0.717, 1.165) is 30.1 Å². The summed E-state index contributed by atoms with van der Waals surface area (Å²) >= 11 is 0. The molecule has 29 heavy (non-hydrogen) atoms. The van der Waals surface area contributed by atoms with E-state index in [1.807, 2.05) is 0 Å². The molecule has 0 bridgehead atoms. The quantitative estimate of drug-likeness (QED) is 0.459. The molecule has 0 aliphatic heterocycles. The topological polar surface area (TPSA) is 20.2 Å². The van der Waals surface area contributed by atoms with E-state index in [-0.39, 0.29) is 6.10 Å². The van der Waals surface area contributed by atoms with E-state index in [4.69, 9.17) is 0 Å². The van der Waals surface area contributed by atoms with Crippen LogP contribution in [0.25, 0.3) is 0 Å². The molecule has 0 amide bonds. The highest BCUT2D eigenvalue weighted by molar-refractivity contribution is 4.79. The number of hydrogen-bond donors (Lipinski definition) is 1. The summed E-state index contributed by atoms with van der Waals surface area (Å²) in [6.07, 6.45) is 16.6. The number of aliphatic hydroxyl groups is 1. The van der Waals surface area contributed by atoms with Crippen molar-refractivity contribution >= 4 is 0 Å². The van der Waals surface area contributed by atoms with Crippen LogP contribution in [0.15, 0.2) is 0 Å². The zero-order chi connectivity index (χ0) is 22.0. The van der Waals surface area contributed by atoms with Crippen molar-refractivity contribution in [1.29, 1.82) is 0 Å². The summed E-state index contributed by atoms with van der Waals surface area (Å²) in [5, 5.41) is 9.54. The second kappa shape index (κ2) is 13.4. The van der Waals surface area contributed by atoms with Crippen molar-refractivity contribution in [3.8, 4) is 0 Å².